The minimum absolute atomic E-state index is 0.271. The number of likely N-dealkylation sites (N-methyl/N-ethyl adjacent to an activating group) is 1. The van der Waals surface area contributed by atoms with Gasteiger partial charge in [-0.2, -0.15) is 5.26 Å². The number of aryl methyl sites for hydroxylation is 1. The quantitative estimate of drug-likeness (QED) is 0.723. The van der Waals surface area contributed by atoms with Gasteiger partial charge in [-0.25, -0.2) is 4.98 Å². The van der Waals surface area contributed by atoms with Crippen LogP contribution in [0.4, 0.5) is 0 Å². The molecule has 1 aromatic carbocycles. The molecule has 0 atom stereocenters. The predicted octanol–water partition coefficient (Wildman–Crippen LogP) is 2.68. The average molecular weight is 409 g/mol. The summed E-state index contributed by atoms with van der Waals surface area (Å²) in [5, 5.41) is 11.8. The molecule has 1 N–H and O–H groups in total. The Morgan fingerprint density at radius 3 is 2.87 bits per heavy atom. The lowest BCUT2D eigenvalue weighted by molar-refractivity contribution is 0.0392. The van der Waals surface area contributed by atoms with Gasteiger partial charge in [0, 0.05) is 32.3 Å². The van der Waals surface area contributed by atoms with E-state index < -0.39 is 0 Å². The summed E-state index contributed by atoms with van der Waals surface area (Å²) < 4.78 is 11.3. The summed E-state index contributed by atoms with van der Waals surface area (Å²) in [7, 11) is 2.13. The summed E-state index contributed by atoms with van der Waals surface area (Å²) in [5.41, 5.74) is 2.27. The van der Waals surface area contributed by atoms with Crippen LogP contribution < -0.4 is 10.1 Å². The normalized spacial score (nSPS) is 14.3. The highest BCUT2D eigenvalue weighted by molar-refractivity contribution is 5.92. The number of pyridine rings is 1. The van der Waals surface area contributed by atoms with Crippen LogP contribution in [-0.4, -0.2) is 55.2 Å². The van der Waals surface area contributed by atoms with Crippen LogP contribution in [-0.2, 0) is 11.3 Å². The topological polar surface area (TPSA) is 87.5 Å². The van der Waals surface area contributed by atoms with E-state index in [0.717, 1.165) is 43.9 Å². The number of hydrogen-bond acceptors (Lipinski definition) is 6. The highest BCUT2D eigenvalue weighted by Crippen LogP contribution is 2.15. The van der Waals surface area contributed by atoms with E-state index in [1.165, 1.54) is 0 Å². The van der Waals surface area contributed by atoms with Crippen LogP contribution >= 0.6 is 0 Å². The maximum absolute atomic E-state index is 12.3. The van der Waals surface area contributed by atoms with E-state index in [0.29, 0.717) is 36.1 Å². The molecule has 3 rings (SSSR count). The Labute approximate surface area is 177 Å². The van der Waals surface area contributed by atoms with E-state index in [1.807, 2.05) is 24.3 Å². The number of benzene rings is 1. The lowest BCUT2D eigenvalue weighted by Crippen LogP contribution is -2.38. The largest absolute Gasteiger partial charge is 0.492 e. The molecule has 1 amide bonds. The summed E-state index contributed by atoms with van der Waals surface area (Å²) in [5.74, 6) is 0.515. The molecular weight excluding hydrogens is 380 g/mol. The van der Waals surface area contributed by atoms with Crippen LogP contribution in [0.25, 0.3) is 0 Å². The first kappa shape index (κ1) is 21.8. The molecular formula is C23H28N4O3. The Hall–Kier alpha value is -2.95. The zero-order valence-electron chi connectivity index (χ0n) is 17.6. The zero-order valence-corrected chi connectivity index (χ0v) is 17.6. The summed E-state index contributed by atoms with van der Waals surface area (Å²) in [4.78, 5) is 18.9. The van der Waals surface area contributed by atoms with Crippen LogP contribution in [0.1, 0.15) is 40.2 Å². The third-order valence-electron chi connectivity index (χ3n) is 5.32. The van der Waals surface area contributed by atoms with Gasteiger partial charge >= 0.3 is 0 Å². The Kier molecular flexibility index (Phi) is 7.77. The molecule has 0 saturated carbocycles. The van der Waals surface area contributed by atoms with E-state index >= 15 is 0 Å². The van der Waals surface area contributed by atoms with E-state index in [2.05, 4.69) is 28.3 Å². The van der Waals surface area contributed by atoms with Crippen molar-refractivity contribution in [3.05, 3.63) is 58.9 Å². The summed E-state index contributed by atoms with van der Waals surface area (Å²) in [6, 6.07) is 13.5. The van der Waals surface area contributed by atoms with Gasteiger partial charge in [0.05, 0.1) is 11.3 Å². The van der Waals surface area contributed by atoms with Crippen molar-refractivity contribution < 1.29 is 14.3 Å². The van der Waals surface area contributed by atoms with Gasteiger partial charge in [0.25, 0.3) is 5.91 Å². The number of ether oxygens (including phenoxy) is 2. The molecule has 0 unspecified atom stereocenters. The van der Waals surface area contributed by atoms with E-state index in [4.69, 9.17) is 14.7 Å². The van der Waals surface area contributed by atoms with Crippen LogP contribution in [0, 0.1) is 18.3 Å². The molecule has 158 valence electrons. The SMILES string of the molecule is Cc1nc(C(=O)NCc2cccc(OCCN(C)C3CCOCC3)c2)ccc1C#N. The van der Waals surface area contributed by atoms with Crippen molar-refractivity contribution in [1.29, 1.82) is 5.26 Å². The molecule has 0 aliphatic carbocycles. The maximum Gasteiger partial charge on any atom is 0.270 e. The molecule has 1 saturated heterocycles. The second kappa shape index (κ2) is 10.7. The molecule has 1 aliphatic heterocycles. The molecule has 7 nitrogen and oxygen atoms in total. The van der Waals surface area contributed by atoms with E-state index in [1.54, 1.807) is 19.1 Å². The number of hydrogen-bond donors (Lipinski definition) is 1. The molecule has 2 aromatic rings. The Morgan fingerprint density at radius 2 is 2.13 bits per heavy atom. The Balaban J connectivity index is 1.47. The summed E-state index contributed by atoms with van der Waals surface area (Å²) in [6.45, 7) is 5.23. The lowest BCUT2D eigenvalue weighted by atomic mass is 10.1. The highest BCUT2D eigenvalue weighted by Gasteiger charge is 2.18. The van der Waals surface area contributed by atoms with E-state index in [-0.39, 0.29) is 5.91 Å². The zero-order chi connectivity index (χ0) is 21.3. The smallest absolute Gasteiger partial charge is 0.270 e. The van der Waals surface area contributed by atoms with Crippen LogP contribution in [0.15, 0.2) is 36.4 Å². The van der Waals surface area contributed by atoms with Crippen molar-refractivity contribution in [3.8, 4) is 11.8 Å². The number of aromatic nitrogens is 1. The maximum atomic E-state index is 12.3. The third-order valence-corrected chi connectivity index (χ3v) is 5.32. The van der Waals surface area contributed by atoms with Gasteiger partial charge in [-0.05, 0) is 56.6 Å². The van der Waals surface area contributed by atoms with Gasteiger partial charge in [0.15, 0.2) is 0 Å². The molecule has 2 heterocycles. The average Bonchev–Trinajstić information content (AvgIpc) is 2.78. The van der Waals surface area contributed by atoms with Crippen LogP contribution in [0.5, 0.6) is 5.75 Å². The number of carbonyl (C=O) groups is 1. The molecule has 0 radical (unpaired) electrons. The number of nitrogens with zero attached hydrogens (tertiary/aromatic N) is 3. The van der Waals surface area contributed by atoms with Crippen molar-refractivity contribution in [2.24, 2.45) is 0 Å². The summed E-state index contributed by atoms with van der Waals surface area (Å²) in [6.07, 6.45) is 2.14. The number of nitriles is 1. The first-order valence-electron chi connectivity index (χ1n) is 10.2. The molecule has 7 heteroatoms. The molecule has 1 aromatic heterocycles. The Bertz CT molecular complexity index is 904. The second-order valence-electron chi connectivity index (χ2n) is 7.44. The standard InChI is InChI=1S/C23H28N4O3/c1-17-19(15-24)6-7-22(26-17)23(28)25-16-18-4-3-5-21(14-18)30-13-10-27(2)20-8-11-29-12-9-20/h3-7,14,20H,8-13,16H2,1-2H3,(H,25,28). The second-order valence-corrected chi connectivity index (χ2v) is 7.44. The van der Waals surface area contributed by atoms with Gasteiger partial charge in [-0.3, -0.25) is 9.69 Å². The Morgan fingerprint density at radius 1 is 1.33 bits per heavy atom. The number of rotatable bonds is 8. The number of amides is 1. The monoisotopic (exact) mass is 408 g/mol. The van der Waals surface area contributed by atoms with Crippen molar-refractivity contribution in [2.75, 3.05) is 33.4 Å². The first-order chi connectivity index (χ1) is 14.6. The van der Waals surface area contributed by atoms with E-state index in [9.17, 15) is 4.79 Å². The van der Waals surface area contributed by atoms with Crippen molar-refractivity contribution in [1.82, 2.24) is 15.2 Å². The summed E-state index contributed by atoms with van der Waals surface area (Å²) >= 11 is 0. The van der Waals surface area contributed by atoms with Gasteiger partial charge in [-0.15, -0.1) is 0 Å². The van der Waals surface area contributed by atoms with Crippen molar-refractivity contribution in [2.45, 2.75) is 32.4 Å². The minimum atomic E-state index is -0.271. The molecule has 1 fully saturated rings. The molecule has 30 heavy (non-hydrogen) atoms. The lowest BCUT2D eigenvalue weighted by Gasteiger charge is -2.31. The number of carbonyl (C=O) groups excluding carboxylic acids is 1. The predicted molar refractivity (Wildman–Crippen MR) is 113 cm³/mol. The van der Waals surface area contributed by atoms with Crippen molar-refractivity contribution in [3.63, 3.8) is 0 Å². The van der Waals surface area contributed by atoms with Gasteiger partial charge < -0.3 is 14.8 Å². The van der Waals surface area contributed by atoms with Gasteiger partial charge in [0.1, 0.15) is 24.1 Å². The fraction of sp³-hybridized carbons (Fsp3) is 0.435. The number of nitrogens with one attached hydrogen (secondary N) is 1. The molecule has 0 bridgehead atoms. The molecule has 1 aliphatic rings. The minimum Gasteiger partial charge on any atom is -0.492 e. The first-order valence-corrected chi connectivity index (χ1v) is 10.2. The molecule has 0 spiro atoms. The fourth-order valence-electron chi connectivity index (χ4n) is 3.44. The fourth-order valence-corrected chi connectivity index (χ4v) is 3.44. The van der Waals surface area contributed by atoms with Crippen LogP contribution in [0.3, 0.4) is 0 Å². The van der Waals surface area contributed by atoms with Gasteiger partial charge in [0.2, 0.25) is 0 Å². The van der Waals surface area contributed by atoms with Crippen LogP contribution in [0.2, 0.25) is 0 Å². The highest BCUT2D eigenvalue weighted by atomic mass is 16.5. The third kappa shape index (κ3) is 6.02. The van der Waals surface area contributed by atoms with Gasteiger partial charge in [-0.1, -0.05) is 12.1 Å². The van der Waals surface area contributed by atoms with Crippen molar-refractivity contribution >= 4 is 5.91 Å².